The second kappa shape index (κ2) is 6.61. The van der Waals surface area contributed by atoms with Crippen molar-refractivity contribution < 1.29 is 9.90 Å². The van der Waals surface area contributed by atoms with Crippen molar-refractivity contribution in [3.8, 4) is 0 Å². The summed E-state index contributed by atoms with van der Waals surface area (Å²) in [5.41, 5.74) is 1.47. The number of likely N-dealkylation sites (tertiary alicyclic amines) is 2. The van der Waals surface area contributed by atoms with Crippen LogP contribution in [0.25, 0.3) is 0 Å². The van der Waals surface area contributed by atoms with Gasteiger partial charge in [-0.05, 0) is 50.7 Å². The lowest BCUT2D eigenvalue weighted by atomic mass is 9.76. The molecule has 6 heteroatoms. The summed E-state index contributed by atoms with van der Waals surface area (Å²) in [7, 11) is 1.95. The minimum Gasteiger partial charge on any atom is -0.480 e. The smallest absolute Gasteiger partial charge is 0.320 e. The molecule has 0 aliphatic carbocycles. The summed E-state index contributed by atoms with van der Waals surface area (Å²) in [5, 5.41) is 13.7. The fourth-order valence-electron chi connectivity index (χ4n) is 4.27. The molecular weight excluding hydrogens is 292 g/mol. The highest BCUT2D eigenvalue weighted by Crippen LogP contribution is 2.43. The van der Waals surface area contributed by atoms with Crippen LogP contribution in [0.4, 0.5) is 0 Å². The molecule has 1 N–H and O–H groups in total. The van der Waals surface area contributed by atoms with Gasteiger partial charge < -0.3 is 5.11 Å². The maximum atomic E-state index is 11.6. The highest BCUT2D eigenvalue weighted by Gasteiger charge is 2.47. The largest absolute Gasteiger partial charge is 0.480 e. The molecule has 0 bridgehead atoms. The Kier molecular flexibility index (Phi) is 4.73. The van der Waals surface area contributed by atoms with Gasteiger partial charge in [0.2, 0.25) is 0 Å². The van der Waals surface area contributed by atoms with Crippen molar-refractivity contribution in [2.24, 2.45) is 12.5 Å². The Bertz CT molecular complexity index is 549. The van der Waals surface area contributed by atoms with Crippen LogP contribution in [0.15, 0.2) is 12.4 Å². The molecular formula is C17H28N4O2. The Hall–Kier alpha value is -1.40. The number of hydrogen-bond acceptors (Lipinski definition) is 4. The van der Waals surface area contributed by atoms with Crippen molar-refractivity contribution in [2.75, 3.05) is 26.2 Å². The zero-order chi connectivity index (χ0) is 16.4. The van der Waals surface area contributed by atoms with Gasteiger partial charge in [-0.2, -0.15) is 5.10 Å². The molecule has 0 aromatic carbocycles. The average molecular weight is 320 g/mol. The molecule has 3 heterocycles. The summed E-state index contributed by atoms with van der Waals surface area (Å²) in [5.74, 6) is -0.645. The van der Waals surface area contributed by atoms with Gasteiger partial charge in [-0.3, -0.25) is 19.3 Å². The monoisotopic (exact) mass is 320 g/mol. The van der Waals surface area contributed by atoms with E-state index in [4.69, 9.17) is 0 Å². The molecule has 2 aliphatic heterocycles. The zero-order valence-electron chi connectivity index (χ0n) is 14.2. The van der Waals surface area contributed by atoms with Crippen LogP contribution >= 0.6 is 0 Å². The van der Waals surface area contributed by atoms with E-state index in [9.17, 15) is 9.90 Å². The molecule has 128 valence electrons. The van der Waals surface area contributed by atoms with Gasteiger partial charge in [-0.1, -0.05) is 6.92 Å². The fraction of sp³-hybridized carbons (Fsp3) is 0.765. The Labute approximate surface area is 138 Å². The number of carbonyl (C=O) groups is 1. The lowest BCUT2D eigenvalue weighted by molar-refractivity contribution is -0.142. The normalized spacial score (nSPS) is 25.2. The van der Waals surface area contributed by atoms with E-state index in [1.54, 1.807) is 0 Å². The first-order valence-corrected chi connectivity index (χ1v) is 8.68. The first-order chi connectivity index (χ1) is 11.0. The number of carboxylic acid groups (broad SMARTS) is 1. The third-order valence-corrected chi connectivity index (χ3v) is 5.48. The number of aryl methyl sites for hydroxylation is 1. The number of nitrogens with zero attached hydrogens (tertiary/aromatic N) is 4. The number of piperidine rings is 1. The van der Waals surface area contributed by atoms with E-state index in [-0.39, 0.29) is 11.5 Å². The van der Waals surface area contributed by atoms with Gasteiger partial charge in [0.15, 0.2) is 0 Å². The van der Waals surface area contributed by atoms with Crippen LogP contribution in [0.5, 0.6) is 0 Å². The van der Waals surface area contributed by atoms with E-state index >= 15 is 0 Å². The molecule has 2 fully saturated rings. The summed E-state index contributed by atoms with van der Waals surface area (Å²) in [6, 6.07) is -0.278. The fourth-order valence-corrected chi connectivity index (χ4v) is 4.27. The minimum absolute atomic E-state index is 0.212. The number of aromatic nitrogens is 2. The lowest BCUT2D eigenvalue weighted by Gasteiger charge is -2.39. The molecule has 0 unspecified atom stereocenters. The van der Waals surface area contributed by atoms with E-state index in [0.29, 0.717) is 0 Å². The van der Waals surface area contributed by atoms with E-state index in [1.807, 2.05) is 17.9 Å². The number of hydrogen-bond donors (Lipinski definition) is 1. The van der Waals surface area contributed by atoms with Crippen molar-refractivity contribution in [1.29, 1.82) is 0 Å². The van der Waals surface area contributed by atoms with Crippen LogP contribution in [-0.2, 0) is 18.4 Å². The summed E-state index contributed by atoms with van der Waals surface area (Å²) in [4.78, 5) is 16.2. The SMILES string of the molecule is CCCN1CC2(CCN(Cc3cnn(C)c3)CC2)C[C@@H]1C(=O)O. The molecule has 2 saturated heterocycles. The summed E-state index contributed by atoms with van der Waals surface area (Å²) in [6.45, 7) is 7.05. The van der Waals surface area contributed by atoms with Gasteiger partial charge in [0, 0.05) is 31.9 Å². The third kappa shape index (κ3) is 3.58. The quantitative estimate of drug-likeness (QED) is 0.892. The maximum Gasteiger partial charge on any atom is 0.320 e. The molecule has 0 saturated carbocycles. The van der Waals surface area contributed by atoms with Gasteiger partial charge in [-0.15, -0.1) is 0 Å². The summed E-state index contributed by atoms with van der Waals surface area (Å²) < 4.78 is 1.85. The third-order valence-electron chi connectivity index (χ3n) is 5.48. The van der Waals surface area contributed by atoms with Crippen LogP contribution in [0.2, 0.25) is 0 Å². The molecule has 1 aromatic heterocycles. The first kappa shape index (κ1) is 16.5. The molecule has 0 radical (unpaired) electrons. The van der Waals surface area contributed by atoms with E-state index in [1.165, 1.54) is 5.56 Å². The Morgan fingerprint density at radius 1 is 1.43 bits per heavy atom. The predicted octanol–water partition coefficient (Wildman–Crippen LogP) is 1.57. The van der Waals surface area contributed by atoms with Crippen LogP contribution in [-0.4, -0.2) is 62.9 Å². The summed E-state index contributed by atoms with van der Waals surface area (Å²) in [6.07, 6.45) is 8.07. The molecule has 1 spiro atoms. The van der Waals surface area contributed by atoms with Gasteiger partial charge in [0.1, 0.15) is 6.04 Å². The molecule has 0 amide bonds. The first-order valence-electron chi connectivity index (χ1n) is 8.68. The van der Waals surface area contributed by atoms with Crippen LogP contribution in [0, 0.1) is 5.41 Å². The minimum atomic E-state index is -0.645. The van der Waals surface area contributed by atoms with Crippen LogP contribution < -0.4 is 0 Å². The van der Waals surface area contributed by atoms with Crippen molar-refractivity contribution in [3.63, 3.8) is 0 Å². The highest BCUT2D eigenvalue weighted by atomic mass is 16.4. The number of rotatable bonds is 5. The van der Waals surface area contributed by atoms with Gasteiger partial charge in [0.05, 0.1) is 6.20 Å². The predicted molar refractivity (Wildman–Crippen MR) is 88.1 cm³/mol. The van der Waals surface area contributed by atoms with E-state index < -0.39 is 5.97 Å². The maximum absolute atomic E-state index is 11.6. The van der Waals surface area contributed by atoms with Crippen molar-refractivity contribution >= 4 is 5.97 Å². The van der Waals surface area contributed by atoms with E-state index in [0.717, 1.165) is 58.4 Å². The topological polar surface area (TPSA) is 61.6 Å². The van der Waals surface area contributed by atoms with Crippen molar-refractivity contribution in [1.82, 2.24) is 19.6 Å². The molecule has 6 nitrogen and oxygen atoms in total. The average Bonchev–Trinajstić information content (AvgIpc) is 3.07. The number of carboxylic acids is 1. The molecule has 2 aliphatic rings. The zero-order valence-corrected chi connectivity index (χ0v) is 14.2. The van der Waals surface area contributed by atoms with Gasteiger partial charge in [0.25, 0.3) is 0 Å². The molecule has 1 atom stereocenters. The second-order valence-electron chi connectivity index (χ2n) is 7.33. The van der Waals surface area contributed by atoms with Crippen LogP contribution in [0.3, 0.4) is 0 Å². The Balaban J connectivity index is 1.58. The lowest BCUT2D eigenvalue weighted by Crippen LogP contribution is -2.41. The van der Waals surface area contributed by atoms with Crippen molar-refractivity contribution in [3.05, 3.63) is 18.0 Å². The molecule has 1 aromatic rings. The van der Waals surface area contributed by atoms with E-state index in [2.05, 4.69) is 28.0 Å². The van der Waals surface area contributed by atoms with Gasteiger partial charge >= 0.3 is 5.97 Å². The Morgan fingerprint density at radius 2 is 2.17 bits per heavy atom. The Morgan fingerprint density at radius 3 is 2.74 bits per heavy atom. The van der Waals surface area contributed by atoms with Crippen LogP contribution in [0.1, 0.15) is 38.2 Å². The highest BCUT2D eigenvalue weighted by molar-refractivity contribution is 5.74. The number of aliphatic carboxylic acids is 1. The standard InChI is InChI=1S/C17H28N4O2/c1-3-6-21-13-17(9-15(21)16(22)23)4-7-20(8-5-17)12-14-10-18-19(2)11-14/h10-11,15H,3-9,12-13H2,1-2H3,(H,22,23)/t15-/m1/s1. The van der Waals surface area contributed by atoms with Gasteiger partial charge in [-0.25, -0.2) is 0 Å². The molecule has 3 rings (SSSR count). The second-order valence-corrected chi connectivity index (χ2v) is 7.33. The molecule has 23 heavy (non-hydrogen) atoms. The summed E-state index contributed by atoms with van der Waals surface area (Å²) >= 11 is 0. The van der Waals surface area contributed by atoms with Crippen molar-refractivity contribution in [2.45, 2.75) is 45.2 Å².